The SMILES string of the molecule is Cc1nn(-c2ccccc2)nc1CC(=O)N[C@@H](CC(N)=O)C(=O)Nc1ccccc(N)cc(N)cc1. The number of nitrogens with zero attached hydrogens (tertiary/aromatic N) is 3. The summed E-state index contributed by atoms with van der Waals surface area (Å²) < 4.78 is 0. The number of aryl methyl sites for hydroxylation is 1. The van der Waals surface area contributed by atoms with Crippen molar-refractivity contribution in [2.75, 3.05) is 16.8 Å². The molecule has 11 nitrogen and oxygen atoms in total. The molecule has 36 heavy (non-hydrogen) atoms. The third-order valence-corrected chi connectivity index (χ3v) is 4.98. The zero-order valence-corrected chi connectivity index (χ0v) is 19.7. The van der Waals surface area contributed by atoms with Gasteiger partial charge in [-0.1, -0.05) is 30.3 Å². The first kappa shape index (κ1) is 25.7. The van der Waals surface area contributed by atoms with Gasteiger partial charge in [-0.3, -0.25) is 14.4 Å². The Hall–Kier alpha value is -4.93. The molecule has 1 atom stereocenters. The third-order valence-electron chi connectivity index (χ3n) is 4.98. The molecule has 0 bridgehead atoms. The summed E-state index contributed by atoms with van der Waals surface area (Å²) in [6.45, 7) is 1.73. The number of anilines is 3. The van der Waals surface area contributed by atoms with Crippen molar-refractivity contribution in [3.05, 3.63) is 84.2 Å². The Morgan fingerprint density at radius 3 is 2.31 bits per heavy atom. The van der Waals surface area contributed by atoms with Gasteiger partial charge in [-0.05, 0) is 49.4 Å². The lowest BCUT2D eigenvalue weighted by Gasteiger charge is -2.17. The van der Waals surface area contributed by atoms with Crippen LogP contribution in [0.3, 0.4) is 0 Å². The van der Waals surface area contributed by atoms with E-state index in [0.717, 1.165) is 5.69 Å². The lowest BCUT2D eigenvalue weighted by Crippen LogP contribution is -2.46. The van der Waals surface area contributed by atoms with Crippen molar-refractivity contribution >= 4 is 34.8 Å². The first-order chi connectivity index (χ1) is 17.2. The molecule has 0 unspecified atom stereocenters. The van der Waals surface area contributed by atoms with E-state index in [1.54, 1.807) is 49.4 Å². The van der Waals surface area contributed by atoms with Crippen LogP contribution in [0.4, 0.5) is 17.1 Å². The third kappa shape index (κ3) is 7.55. The van der Waals surface area contributed by atoms with E-state index in [1.165, 1.54) is 4.80 Å². The van der Waals surface area contributed by atoms with Crippen molar-refractivity contribution in [1.29, 1.82) is 0 Å². The fourth-order valence-electron chi connectivity index (χ4n) is 3.23. The second-order valence-corrected chi connectivity index (χ2v) is 7.96. The van der Waals surface area contributed by atoms with Crippen LogP contribution in [0.2, 0.25) is 0 Å². The average molecular weight is 489 g/mol. The Morgan fingerprint density at radius 2 is 1.58 bits per heavy atom. The van der Waals surface area contributed by atoms with Crippen molar-refractivity contribution in [2.45, 2.75) is 25.8 Å². The second-order valence-electron chi connectivity index (χ2n) is 7.96. The Labute approximate surface area is 208 Å². The van der Waals surface area contributed by atoms with Crippen LogP contribution in [0, 0.1) is 6.92 Å². The van der Waals surface area contributed by atoms with Gasteiger partial charge in [0.05, 0.1) is 29.9 Å². The quantitative estimate of drug-likeness (QED) is 0.317. The number of carbonyl (C=O) groups is 3. The maximum atomic E-state index is 12.9. The number of nitrogens with two attached hydrogens (primary N) is 3. The largest absolute Gasteiger partial charge is 0.399 e. The molecule has 3 amide bonds. The van der Waals surface area contributed by atoms with Gasteiger partial charge in [0.1, 0.15) is 6.04 Å². The molecule has 0 fully saturated rings. The van der Waals surface area contributed by atoms with Crippen LogP contribution in [-0.2, 0) is 20.8 Å². The van der Waals surface area contributed by atoms with Crippen LogP contribution in [0.15, 0.2) is 72.8 Å². The normalized spacial score (nSPS) is 11.1. The van der Waals surface area contributed by atoms with E-state index < -0.39 is 23.8 Å². The van der Waals surface area contributed by atoms with Crippen LogP contribution in [-0.4, -0.2) is 38.8 Å². The molecular weight excluding hydrogens is 460 g/mol. The topological polar surface area (TPSA) is 184 Å². The number of primary amides is 1. The molecule has 0 aliphatic heterocycles. The summed E-state index contributed by atoms with van der Waals surface area (Å²) in [5.41, 5.74) is 20.0. The molecule has 3 aromatic rings. The summed E-state index contributed by atoms with van der Waals surface area (Å²) in [7, 11) is 0. The predicted molar refractivity (Wildman–Crippen MR) is 137 cm³/mol. The fraction of sp³-hybridized carbons (Fsp3) is 0.160. The highest BCUT2D eigenvalue weighted by atomic mass is 16.2. The van der Waals surface area contributed by atoms with Crippen LogP contribution in [0.25, 0.3) is 5.69 Å². The number of carbonyl (C=O) groups excluding carboxylic acids is 3. The van der Waals surface area contributed by atoms with Gasteiger partial charge in [-0.25, -0.2) is 0 Å². The summed E-state index contributed by atoms with van der Waals surface area (Å²) in [6.07, 6.45) is -0.525. The molecule has 1 aromatic heterocycles. The Morgan fingerprint density at radius 1 is 0.917 bits per heavy atom. The zero-order chi connectivity index (χ0) is 26.1. The number of rotatable bonds is 8. The molecule has 186 valence electrons. The van der Waals surface area contributed by atoms with E-state index in [4.69, 9.17) is 17.2 Å². The smallest absolute Gasteiger partial charge is 0.247 e. The molecule has 2 aromatic carbocycles. The monoisotopic (exact) mass is 488 g/mol. The molecule has 8 N–H and O–H groups in total. The van der Waals surface area contributed by atoms with Crippen LogP contribution < -0.4 is 27.8 Å². The molecule has 0 radical (unpaired) electrons. The maximum absolute atomic E-state index is 12.9. The number of para-hydroxylation sites is 1. The molecule has 0 saturated carbocycles. The van der Waals surface area contributed by atoms with E-state index in [9.17, 15) is 14.4 Å². The summed E-state index contributed by atoms with van der Waals surface area (Å²) in [6, 6.07) is 19.4. The average Bonchev–Trinajstić information content (AvgIpc) is 3.19. The molecule has 0 aliphatic carbocycles. The minimum absolute atomic E-state index is 0.137. The Balaban J connectivity index is 1.74. The Bertz CT molecular complexity index is 1310. The van der Waals surface area contributed by atoms with E-state index in [2.05, 4.69) is 20.8 Å². The van der Waals surface area contributed by atoms with Crippen molar-refractivity contribution in [3.8, 4) is 5.69 Å². The van der Waals surface area contributed by atoms with E-state index in [-0.39, 0.29) is 12.8 Å². The van der Waals surface area contributed by atoms with Crippen molar-refractivity contribution in [3.63, 3.8) is 0 Å². The minimum Gasteiger partial charge on any atom is -0.399 e. The zero-order valence-electron chi connectivity index (χ0n) is 19.7. The molecule has 0 spiro atoms. The van der Waals surface area contributed by atoms with Crippen molar-refractivity contribution in [2.24, 2.45) is 5.73 Å². The van der Waals surface area contributed by atoms with Gasteiger partial charge >= 0.3 is 0 Å². The lowest BCUT2D eigenvalue weighted by molar-refractivity contribution is -0.128. The predicted octanol–water partition coefficient (Wildman–Crippen LogP) is 1.41. The van der Waals surface area contributed by atoms with Gasteiger partial charge in [0.15, 0.2) is 0 Å². The van der Waals surface area contributed by atoms with Crippen LogP contribution in [0.1, 0.15) is 17.8 Å². The lowest BCUT2D eigenvalue weighted by atomic mass is 10.1. The minimum atomic E-state index is -1.20. The number of hydrogen-bond acceptors (Lipinski definition) is 7. The van der Waals surface area contributed by atoms with Crippen LogP contribution >= 0.6 is 0 Å². The van der Waals surface area contributed by atoms with Gasteiger partial charge < -0.3 is 27.8 Å². The highest BCUT2D eigenvalue weighted by Crippen LogP contribution is 2.11. The highest BCUT2D eigenvalue weighted by molar-refractivity contribution is 5.99. The molecule has 0 saturated heterocycles. The standard InChI is InChI=1S/C25H28N8O3/c1-16-21(32-33(31-16)20-9-3-2-4-10-20)15-24(35)30-22(14-23(28)34)25(36)29-19-8-6-5-7-17(26)13-18(27)11-12-19/h2-13,22H,14-15,26-27H2,1H3,(H2,28,34)(H,29,36)(H,30,35)/t22-/m0/s1. The van der Waals surface area contributed by atoms with Gasteiger partial charge in [-0.2, -0.15) is 15.0 Å². The van der Waals surface area contributed by atoms with Crippen molar-refractivity contribution in [1.82, 2.24) is 20.3 Å². The maximum Gasteiger partial charge on any atom is 0.247 e. The first-order valence-electron chi connectivity index (χ1n) is 11.1. The Kier molecular flexibility index (Phi) is 8.54. The molecule has 11 heteroatoms. The second kappa shape index (κ2) is 12.0. The first-order valence-corrected chi connectivity index (χ1v) is 11.1. The van der Waals surface area contributed by atoms with Crippen LogP contribution in [0.5, 0.6) is 0 Å². The number of hydrogen-bond donors (Lipinski definition) is 5. The number of amides is 3. The number of aromatic nitrogens is 3. The van der Waals surface area contributed by atoms with Gasteiger partial charge in [0, 0.05) is 17.1 Å². The molecule has 0 aliphatic rings. The number of benzene rings is 1. The summed E-state index contributed by atoms with van der Waals surface area (Å²) >= 11 is 0. The number of nitrogen functional groups attached to an aromatic ring is 2. The fourth-order valence-corrected chi connectivity index (χ4v) is 3.23. The van der Waals surface area contributed by atoms with E-state index in [0.29, 0.717) is 28.5 Å². The number of nitrogens with one attached hydrogen (secondary N) is 2. The highest BCUT2D eigenvalue weighted by Gasteiger charge is 2.24. The van der Waals surface area contributed by atoms with E-state index in [1.807, 2.05) is 30.3 Å². The molecular formula is C25H28N8O3. The summed E-state index contributed by atoms with van der Waals surface area (Å²) in [4.78, 5) is 38.7. The van der Waals surface area contributed by atoms with Crippen molar-refractivity contribution < 1.29 is 14.4 Å². The summed E-state index contributed by atoms with van der Waals surface area (Å²) in [5, 5.41) is 14.0. The van der Waals surface area contributed by atoms with Gasteiger partial charge in [-0.15, -0.1) is 0 Å². The van der Waals surface area contributed by atoms with E-state index >= 15 is 0 Å². The van der Waals surface area contributed by atoms with Gasteiger partial charge in [0.25, 0.3) is 0 Å². The molecule has 1 heterocycles. The van der Waals surface area contributed by atoms with Gasteiger partial charge in [0.2, 0.25) is 17.7 Å². The summed E-state index contributed by atoms with van der Waals surface area (Å²) in [5.74, 6) is -1.88. The molecule has 3 rings (SSSR count).